The number of ether oxygens (including phenoxy) is 2. The van der Waals surface area contributed by atoms with Gasteiger partial charge < -0.3 is 14.4 Å². The molecule has 2 saturated heterocycles. The first kappa shape index (κ1) is 16.6. The topological polar surface area (TPSA) is 28.2 Å². The monoisotopic (exact) mass is 319 g/mol. The molecule has 2 aliphatic rings. The fourth-order valence-corrected chi connectivity index (χ4v) is 3.45. The molecule has 23 heavy (non-hydrogen) atoms. The Bertz CT molecular complexity index is 469. The Kier molecular flexibility index (Phi) is 6.13. The summed E-state index contributed by atoms with van der Waals surface area (Å²) < 4.78 is 10.9. The third-order valence-electron chi connectivity index (χ3n) is 4.85. The normalized spacial score (nSPS) is 20.7. The maximum Gasteiger partial charge on any atom is 0.142 e. The van der Waals surface area contributed by atoms with Gasteiger partial charge in [-0.05, 0) is 31.6 Å². The number of rotatable bonds is 6. The van der Waals surface area contributed by atoms with E-state index in [9.17, 15) is 0 Å². The molecule has 2 aliphatic heterocycles. The molecule has 0 aliphatic carbocycles. The second-order valence-corrected chi connectivity index (χ2v) is 6.31. The van der Waals surface area contributed by atoms with Crippen molar-refractivity contribution >= 4 is 5.69 Å². The van der Waals surface area contributed by atoms with Gasteiger partial charge in [-0.3, -0.25) is 9.80 Å². The third kappa shape index (κ3) is 4.59. The molecule has 0 N–H and O–H groups in total. The quantitative estimate of drug-likeness (QED) is 0.793. The van der Waals surface area contributed by atoms with Crippen LogP contribution in [0.5, 0.6) is 5.75 Å². The molecule has 1 aromatic carbocycles. The SMILES string of the molecule is COc1ccccc1N1CCN(CCCN2CCOCC2)CC1. The first-order valence-corrected chi connectivity index (χ1v) is 8.77. The van der Waals surface area contributed by atoms with Gasteiger partial charge in [0, 0.05) is 39.3 Å². The van der Waals surface area contributed by atoms with Gasteiger partial charge in [0.25, 0.3) is 0 Å². The molecular formula is C18H29N3O2. The lowest BCUT2D eigenvalue weighted by atomic mass is 10.2. The van der Waals surface area contributed by atoms with E-state index in [1.165, 1.54) is 25.2 Å². The van der Waals surface area contributed by atoms with E-state index in [2.05, 4.69) is 26.8 Å². The summed E-state index contributed by atoms with van der Waals surface area (Å²) in [5.41, 5.74) is 1.22. The van der Waals surface area contributed by atoms with Crippen LogP contribution < -0.4 is 9.64 Å². The molecule has 128 valence electrons. The molecule has 0 radical (unpaired) electrons. The largest absolute Gasteiger partial charge is 0.495 e. The maximum atomic E-state index is 5.49. The van der Waals surface area contributed by atoms with Gasteiger partial charge in [0.1, 0.15) is 5.75 Å². The van der Waals surface area contributed by atoms with Gasteiger partial charge in [0.15, 0.2) is 0 Å². The molecule has 0 spiro atoms. The zero-order valence-corrected chi connectivity index (χ0v) is 14.2. The van der Waals surface area contributed by atoms with Crippen molar-refractivity contribution < 1.29 is 9.47 Å². The molecule has 3 rings (SSSR count). The first-order chi connectivity index (χ1) is 11.4. The zero-order chi connectivity index (χ0) is 15.9. The number of methoxy groups -OCH3 is 1. The smallest absolute Gasteiger partial charge is 0.142 e. The van der Waals surface area contributed by atoms with Crippen LogP contribution in [0.1, 0.15) is 6.42 Å². The van der Waals surface area contributed by atoms with Crippen molar-refractivity contribution in [1.82, 2.24) is 9.80 Å². The summed E-state index contributed by atoms with van der Waals surface area (Å²) in [7, 11) is 1.75. The minimum atomic E-state index is 0.900. The van der Waals surface area contributed by atoms with Crippen molar-refractivity contribution in [3.05, 3.63) is 24.3 Å². The van der Waals surface area contributed by atoms with Crippen molar-refractivity contribution in [2.45, 2.75) is 6.42 Å². The van der Waals surface area contributed by atoms with Gasteiger partial charge in [-0.1, -0.05) is 12.1 Å². The lowest BCUT2D eigenvalue weighted by Crippen LogP contribution is -2.47. The summed E-state index contributed by atoms with van der Waals surface area (Å²) >= 11 is 0. The molecule has 0 atom stereocenters. The number of nitrogens with zero attached hydrogens (tertiary/aromatic N) is 3. The molecule has 2 fully saturated rings. The summed E-state index contributed by atoms with van der Waals surface area (Å²) in [6.45, 7) is 10.9. The highest BCUT2D eigenvalue weighted by molar-refractivity contribution is 5.58. The summed E-state index contributed by atoms with van der Waals surface area (Å²) in [5.74, 6) is 0.980. The van der Waals surface area contributed by atoms with Crippen molar-refractivity contribution in [1.29, 1.82) is 0 Å². The highest BCUT2D eigenvalue weighted by Crippen LogP contribution is 2.28. The lowest BCUT2D eigenvalue weighted by Gasteiger charge is -2.37. The van der Waals surface area contributed by atoms with Gasteiger partial charge in [0.05, 0.1) is 26.0 Å². The second kappa shape index (κ2) is 8.52. The van der Waals surface area contributed by atoms with Crippen LogP contribution in [-0.2, 0) is 4.74 Å². The Labute approximate surface area is 139 Å². The van der Waals surface area contributed by atoms with Crippen molar-refractivity contribution in [3.8, 4) is 5.75 Å². The minimum absolute atomic E-state index is 0.900. The van der Waals surface area contributed by atoms with Crippen LogP contribution in [0.2, 0.25) is 0 Å². The highest BCUT2D eigenvalue weighted by Gasteiger charge is 2.19. The predicted molar refractivity (Wildman–Crippen MR) is 93.5 cm³/mol. The van der Waals surface area contributed by atoms with E-state index in [1.807, 2.05) is 12.1 Å². The van der Waals surface area contributed by atoms with E-state index in [0.29, 0.717) is 0 Å². The average Bonchev–Trinajstić information content (AvgIpc) is 2.63. The average molecular weight is 319 g/mol. The minimum Gasteiger partial charge on any atom is -0.495 e. The molecule has 0 saturated carbocycles. The van der Waals surface area contributed by atoms with Gasteiger partial charge in [-0.25, -0.2) is 0 Å². The number of morpholine rings is 1. The van der Waals surface area contributed by atoms with E-state index in [1.54, 1.807) is 7.11 Å². The molecule has 5 nitrogen and oxygen atoms in total. The Morgan fingerprint density at radius 2 is 1.57 bits per heavy atom. The van der Waals surface area contributed by atoms with E-state index in [4.69, 9.17) is 9.47 Å². The van der Waals surface area contributed by atoms with Crippen LogP contribution in [-0.4, -0.2) is 82.5 Å². The first-order valence-electron chi connectivity index (χ1n) is 8.77. The molecule has 0 aromatic heterocycles. The van der Waals surface area contributed by atoms with Crippen molar-refractivity contribution in [3.63, 3.8) is 0 Å². The number of benzene rings is 1. The molecule has 0 unspecified atom stereocenters. The Hall–Kier alpha value is -1.30. The van der Waals surface area contributed by atoms with Crippen LogP contribution in [0.3, 0.4) is 0 Å². The number of hydrogen-bond acceptors (Lipinski definition) is 5. The molecule has 1 aromatic rings. The maximum absolute atomic E-state index is 5.49. The van der Waals surface area contributed by atoms with Crippen molar-refractivity contribution in [2.75, 3.05) is 77.6 Å². The standard InChI is InChI=1S/C18H29N3O2/c1-22-18-6-3-2-5-17(18)21-11-9-19(10-12-21)7-4-8-20-13-15-23-16-14-20/h2-3,5-6H,4,7-16H2,1H3. The Balaban J connectivity index is 1.40. The number of para-hydroxylation sites is 2. The van der Waals surface area contributed by atoms with Gasteiger partial charge in [0.2, 0.25) is 0 Å². The van der Waals surface area contributed by atoms with Crippen LogP contribution in [0.4, 0.5) is 5.69 Å². The molecule has 2 heterocycles. The van der Waals surface area contributed by atoms with E-state index >= 15 is 0 Å². The fourth-order valence-electron chi connectivity index (χ4n) is 3.45. The third-order valence-corrected chi connectivity index (χ3v) is 4.85. The van der Waals surface area contributed by atoms with E-state index in [0.717, 1.165) is 58.2 Å². The Morgan fingerprint density at radius 3 is 2.26 bits per heavy atom. The zero-order valence-electron chi connectivity index (χ0n) is 14.2. The summed E-state index contributed by atoms with van der Waals surface area (Å²) in [5, 5.41) is 0. The summed E-state index contributed by atoms with van der Waals surface area (Å²) in [4.78, 5) is 7.55. The van der Waals surface area contributed by atoms with Gasteiger partial charge >= 0.3 is 0 Å². The van der Waals surface area contributed by atoms with Gasteiger partial charge in [-0.15, -0.1) is 0 Å². The predicted octanol–water partition coefficient (Wildman–Crippen LogP) is 1.54. The number of anilines is 1. The fraction of sp³-hybridized carbons (Fsp3) is 0.667. The van der Waals surface area contributed by atoms with Gasteiger partial charge in [-0.2, -0.15) is 0 Å². The molecule has 0 amide bonds. The summed E-state index contributed by atoms with van der Waals surface area (Å²) in [6, 6.07) is 8.33. The summed E-state index contributed by atoms with van der Waals surface area (Å²) in [6.07, 6.45) is 1.26. The van der Waals surface area contributed by atoms with Crippen LogP contribution in [0.25, 0.3) is 0 Å². The molecule has 5 heteroatoms. The number of hydrogen-bond donors (Lipinski definition) is 0. The van der Waals surface area contributed by atoms with Crippen LogP contribution >= 0.6 is 0 Å². The molecule has 0 bridgehead atoms. The molecular weight excluding hydrogens is 290 g/mol. The second-order valence-electron chi connectivity index (χ2n) is 6.31. The Morgan fingerprint density at radius 1 is 0.913 bits per heavy atom. The van der Waals surface area contributed by atoms with Crippen molar-refractivity contribution in [2.24, 2.45) is 0 Å². The number of piperazine rings is 1. The van der Waals surface area contributed by atoms with E-state index < -0.39 is 0 Å². The lowest BCUT2D eigenvalue weighted by molar-refractivity contribution is 0.0360. The van der Waals surface area contributed by atoms with Crippen LogP contribution in [0, 0.1) is 0 Å². The highest BCUT2D eigenvalue weighted by atomic mass is 16.5. The van der Waals surface area contributed by atoms with Crippen LogP contribution in [0.15, 0.2) is 24.3 Å². The van der Waals surface area contributed by atoms with E-state index in [-0.39, 0.29) is 0 Å².